The monoisotopic (exact) mass is 406 g/mol. The number of phenols is 1. The lowest BCUT2D eigenvalue weighted by Gasteiger charge is -2.11. The fourth-order valence-electron chi connectivity index (χ4n) is 3.48. The molecule has 0 saturated carbocycles. The summed E-state index contributed by atoms with van der Waals surface area (Å²) in [7, 11) is 1.53. The van der Waals surface area contributed by atoms with Crippen molar-refractivity contribution in [1.82, 2.24) is 5.32 Å². The van der Waals surface area contributed by atoms with Gasteiger partial charge in [-0.1, -0.05) is 90.4 Å². The number of phenolic OH excluding ortho intramolecular Hbond substituents is 1. The van der Waals surface area contributed by atoms with Crippen LogP contribution in [0.1, 0.15) is 96.8 Å². The number of anilines is 1. The van der Waals surface area contributed by atoms with Gasteiger partial charge >= 0.3 is 6.03 Å². The molecule has 2 amide bonds. The van der Waals surface area contributed by atoms with E-state index in [0.717, 1.165) is 12.8 Å². The molecule has 0 aliphatic rings. The van der Waals surface area contributed by atoms with E-state index in [0.29, 0.717) is 18.0 Å². The fraction of sp³-hybridized carbons (Fsp3) is 0.708. The predicted octanol–water partition coefficient (Wildman–Crippen LogP) is 7.00. The van der Waals surface area contributed by atoms with E-state index in [4.69, 9.17) is 4.74 Å². The van der Waals surface area contributed by atoms with Crippen molar-refractivity contribution < 1.29 is 14.6 Å². The molecule has 0 aliphatic carbocycles. The maximum atomic E-state index is 12.0. The number of aromatic hydroxyl groups is 1. The summed E-state index contributed by atoms with van der Waals surface area (Å²) < 4.78 is 5.18. The van der Waals surface area contributed by atoms with Crippen LogP contribution in [0.2, 0.25) is 0 Å². The van der Waals surface area contributed by atoms with E-state index in [-0.39, 0.29) is 11.8 Å². The maximum Gasteiger partial charge on any atom is 0.319 e. The molecule has 0 fully saturated rings. The molecule has 0 aromatic heterocycles. The minimum Gasteiger partial charge on any atom is -0.508 e. The Morgan fingerprint density at radius 1 is 0.862 bits per heavy atom. The number of benzene rings is 1. The summed E-state index contributed by atoms with van der Waals surface area (Å²) in [4.78, 5) is 12.0. The van der Waals surface area contributed by atoms with Gasteiger partial charge < -0.3 is 20.5 Å². The second-order valence-corrected chi connectivity index (χ2v) is 7.86. The van der Waals surface area contributed by atoms with E-state index in [1.165, 1.54) is 96.3 Å². The maximum absolute atomic E-state index is 12.0. The van der Waals surface area contributed by atoms with Gasteiger partial charge in [0.2, 0.25) is 0 Å². The molecule has 5 nitrogen and oxygen atoms in total. The van der Waals surface area contributed by atoms with Gasteiger partial charge in [-0.15, -0.1) is 0 Å². The lowest BCUT2D eigenvalue weighted by Crippen LogP contribution is -2.29. The summed E-state index contributed by atoms with van der Waals surface area (Å²) in [6.07, 6.45) is 18.5. The number of nitrogens with one attached hydrogen (secondary N) is 2. The number of carbonyl (C=O) groups excluding carboxylic acids is 1. The van der Waals surface area contributed by atoms with Crippen molar-refractivity contribution >= 4 is 11.7 Å². The number of methoxy groups -OCH3 is 1. The number of hydrogen-bond acceptors (Lipinski definition) is 3. The number of rotatable bonds is 17. The molecule has 0 unspecified atom stereocenters. The van der Waals surface area contributed by atoms with Crippen LogP contribution in [-0.4, -0.2) is 24.8 Å². The average Bonchev–Trinajstić information content (AvgIpc) is 2.71. The number of carbonyl (C=O) groups is 1. The van der Waals surface area contributed by atoms with E-state index in [2.05, 4.69) is 17.6 Å². The molecule has 29 heavy (non-hydrogen) atoms. The standard InChI is InChI=1S/C24H42N2O3/c1-3-4-5-6-7-8-9-10-11-12-13-14-15-16-19-25-24(28)26-22-20-21(27)17-18-23(22)29-2/h17-18,20,27H,3-16,19H2,1-2H3,(H2,25,26,28). The van der Waals surface area contributed by atoms with Crippen LogP contribution in [-0.2, 0) is 0 Å². The molecule has 0 spiro atoms. The third-order valence-electron chi connectivity index (χ3n) is 5.25. The number of urea groups is 1. The van der Waals surface area contributed by atoms with E-state index < -0.39 is 0 Å². The molecule has 0 saturated heterocycles. The normalized spacial score (nSPS) is 10.7. The lowest BCUT2D eigenvalue weighted by atomic mass is 10.0. The molecule has 0 bridgehead atoms. The minimum atomic E-state index is -0.274. The first-order valence-electron chi connectivity index (χ1n) is 11.6. The van der Waals surface area contributed by atoms with E-state index >= 15 is 0 Å². The van der Waals surface area contributed by atoms with Gasteiger partial charge in [-0.3, -0.25) is 0 Å². The molecule has 1 rings (SSSR count). The molecule has 1 aromatic carbocycles. The topological polar surface area (TPSA) is 70.6 Å². The van der Waals surface area contributed by atoms with Crippen molar-refractivity contribution in [2.24, 2.45) is 0 Å². The second-order valence-electron chi connectivity index (χ2n) is 7.86. The van der Waals surface area contributed by atoms with Crippen molar-refractivity contribution in [3.8, 4) is 11.5 Å². The predicted molar refractivity (Wildman–Crippen MR) is 122 cm³/mol. The molecule has 0 atom stereocenters. The van der Waals surface area contributed by atoms with Gasteiger partial charge in [0.1, 0.15) is 11.5 Å². The lowest BCUT2D eigenvalue weighted by molar-refractivity contribution is 0.251. The van der Waals surface area contributed by atoms with Gasteiger partial charge in [0.25, 0.3) is 0 Å². The molecule has 166 valence electrons. The highest BCUT2D eigenvalue weighted by molar-refractivity contribution is 5.91. The number of amides is 2. The highest BCUT2D eigenvalue weighted by Crippen LogP contribution is 2.28. The largest absolute Gasteiger partial charge is 0.508 e. The third kappa shape index (κ3) is 13.0. The van der Waals surface area contributed by atoms with Gasteiger partial charge in [-0.25, -0.2) is 4.79 Å². The minimum absolute atomic E-state index is 0.0908. The second kappa shape index (κ2) is 17.0. The Balaban J connectivity index is 1.92. The summed E-state index contributed by atoms with van der Waals surface area (Å²) in [5, 5.41) is 15.1. The Kier molecular flexibility index (Phi) is 14.7. The molecule has 5 heteroatoms. The zero-order valence-electron chi connectivity index (χ0n) is 18.6. The Labute approximate surface area is 177 Å². The van der Waals surface area contributed by atoms with Crippen molar-refractivity contribution in [3.63, 3.8) is 0 Å². The first-order chi connectivity index (χ1) is 14.2. The summed E-state index contributed by atoms with van der Waals surface area (Å²) in [5.74, 6) is 0.613. The summed E-state index contributed by atoms with van der Waals surface area (Å²) in [6, 6.07) is 4.35. The van der Waals surface area contributed by atoms with Gasteiger partial charge in [0.05, 0.1) is 12.8 Å². The highest BCUT2D eigenvalue weighted by Gasteiger charge is 2.07. The summed E-state index contributed by atoms with van der Waals surface area (Å²) in [6.45, 7) is 2.93. The fourth-order valence-corrected chi connectivity index (χ4v) is 3.48. The van der Waals surface area contributed by atoms with Gasteiger partial charge in [0, 0.05) is 12.6 Å². The Morgan fingerprint density at radius 3 is 1.90 bits per heavy atom. The Hall–Kier alpha value is -1.91. The third-order valence-corrected chi connectivity index (χ3v) is 5.25. The molecule has 0 heterocycles. The number of unbranched alkanes of at least 4 members (excludes halogenated alkanes) is 13. The van der Waals surface area contributed by atoms with E-state index in [9.17, 15) is 9.90 Å². The molecule has 0 aliphatic heterocycles. The van der Waals surface area contributed by atoms with Gasteiger partial charge in [0.15, 0.2) is 0 Å². The van der Waals surface area contributed by atoms with Crippen molar-refractivity contribution in [3.05, 3.63) is 18.2 Å². The van der Waals surface area contributed by atoms with Crippen molar-refractivity contribution in [1.29, 1.82) is 0 Å². The van der Waals surface area contributed by atoms with Crippen LogP contribution in [0.15, 0.2) is 18.2 Å². The van der Waals surface area contributed by atoms with Crippen LogP contribution in [0.5, 0.6) is 11.5 Å². The van der Waals surface area contributed by atoms with Crippen LogP contribution in [0.3, 0.4) is 0 Å². The van der Waals surface area contributed by atoms with Crippen LogP contribution >= 0.6 is 0 Å². The number of hydrogen-bond donors (Lipinski definition) is 3. The zero-order valence-corrected chi connectivity index (χ0v) is 18.6. The Bertz CT molecular complexity index is 549. The average molecular weight is 407 g/mol. The van der Waals surface area contributed by atoms with E-state index in [1.807, 2.05) is 0 Å². The first kappa shape index (κ1) is 25.1. The summed E-state index contributed by atoms with van der Waals surface area (Å²) in [5.41, 5.74) is 0.464. The summed E-state index contributed by atoms with van der Waals surface area (Å²) >= 11 is 0. The van der Waals surface area contributed by atoms with Crippen LogP contribution in [0.4, 0.5) is 10.5 Å². The van der Waals surface area contributed by atoms with Crippen molar-refractivity contribution in [2.75, 3.05) is 19.0 Å². The molecular weight excluding hydrogens is 364 g/mol. The zero-order chi connectivity index (χ0) is 21.2. The van der Waals surface area contributed by atoms with Crippen LogP contribution < -0.4 is 15.4 Å². The molecule has 0 radical (unpaired) electrons. The first-order valence-corrected chi connectivity index (χ1v) is 11.6. The van der Waals surface area contributed by atoms with Gasteiger partial charge in [-0.2, -0.15) is 0 Å². The smallest absolute Gasteiger partial charge is 0.319 e. The van der Waals surface area contributed by atoms with E-state index in [1.54, 1.807) is 6.07 Å². The Morgan fingerprint density at radius 2 is 1.38 bits per heavy atom. The van der Waals surface area contributed by atoms with Gasteiger partial charge in [-0.05, 0) is 18.6 Å². The van der Waals surface area contributed by atoms with Crippen LogP contribution in [0, 0.1) is 0 Å². The highest BCUT2D eigenvalue weighted by atomic mass is 16.5. The SMILES string of the molecule is CCCCCCCCCCCCCCCCNC(=O)Nc1cc(O)ccc1OC. The molecular formula is C24H42N2O3. The number of ether oxygens (including phenoxy) is 1. The quantitative estimate of drug-likeness (QED) is 0.244. The molecule has 3 N–H and O–H groups in total. The van der Waals surface area contributed by atoms with Crippen molar-refractivity contribution in [2.45, 2.75) is 96.8 Å². The van der Waals surface area contributed by atoms with Crippen LogP contribution in [0.25, 0.3) is 0 Å². The molecule has 1 aromatic rings.